The molecule has 0 unspecified atom stereocenters. The Balaban J connectivity index is 2.35. The van der Waals surface area contributed by atoms with Crippen LogP contribution < -0.4 is 5.32 Å². The largest absolute Gasteiger partial charge is 0.342 e. The SMILES string of the molecule is CCCCCN(CCC(=O)Nc1ccccc1)C(C)=O. The number of nitrogens with one attached hydrogen (secondary N) is 1. The highest BCUT2D eigenvalue weighted by molar-refractivity contribution is 5.91. The third-order valence-electron chi connectivity index (χ3n) is 3.14. The van der Waals surface area contributed by atoms with Crippen molar-refractivity contribution in [2.24, 2.45) is 0 Å². The van der Waals surface area contributed by atoms with E-state index in [9.17, 15) is 9.59 Å². The minimum absolute atomic E-state index is 0.0358. The average molecular weight is 276 g/mol. The van der Waals surface area contributed by atoms with Crippen LogP contribution in [0.25, 0.3) is 0 Å². The van der Waals surface area contributed by atoms with E-state index in [1.165, 1.54) is 0 Å². The zero-order chi connectivity index (χ0) is 14.8. The van der Waals surface area contributed by atoms with Gasteiger partial charge in [-0.05, 0) is 18.6 Å². The Morgan fingerprint density at radius 1 is 1.10 bits per heavy atom. The molecule has 0 radical (unpaired) electrons. The summed E-state index contributed by atoms with van der Waals surface area (Å²) >= 11 is 0. The first kappa shape index (κ1) is 16.2. The summed E-state index contributed by atoms with van der Waals surface area (Å²) in [6, 6.07) is 9.36. The third kappa shape index (κ3) is 6.36. The van der Waals surface area contributed by atoms with Crippen LogP contribution in [0.1, 0.15) is 39.5 Å². The maximum Gasteiger partial charge on any atom is 0.226 e. The highest BCUT2D eigenvalue weighted by atomic mass is 16.2. The van der Waals surface area contributed by atoms with Gasteiger partial charge >= 0.3 is 0 Å². The van der Waals surface area contributed by atoms with Crippen LogP contribution in [-0.2, 0) is 9.59 Å². The fraction of sp³-hybridized carbons (Fsp3) is 0.500. The first-order valence-corrected chi connectivity index (χ1v) is 7.24. The normalized spacial score (nSPS) is 10.1. The molecule has 1 aromatic carbocycles. The van der Waals surface area contributed by atoms with Crippen molar-refractivity contribution in [1.29, 1.82) is 0 Å². The molecule has 4 heteroatoms. The van der Waals surface area contributed by atoms with Crippen LogP contribution in [0.2, 0.25) is 0 Å². The lowest BCUT2D eigenvalue weighted by Crippen LogP contribution is -2.32. The predicted molar refractivity (Wildman–Crippen MR) is 81.5 cm³/mol. The zero-order valence-corrected chi connectivity index (χ0v) is 12.4. The minimum Gasteiger partial charge on any atom is -0.342 e. The number of carbonyl (C=O) groups excluding carboxylic acids is 2. The lowest BCUT2D eigenvalue weighted by atomic mass is 10.2. The molecule has 20 heavy (non-hydrogen) atoms. The van der Waals surface area contributed by atoms with Crippen LogP contribution in [0.5, 0.6) is 0 Å². The molecule has 4 nitrogen and oxygen atoms in total. The molecule has 0 aliphatic carbocycles. The van der Waals surface area contributed by atoms with Crippen molar-refractivity contribution in [2.45, 2.75) is 39.5 Å². The number of anilines is 1. The van der Waals surface area contributed by atoms with Gasteiger partial charge in [0.05, 0.1) is 0 Å². The number of unbranched alkanes of at least 4 members (excludes halogenated alkanes) is 2. The molecule has 0 atom stereocenters. The fourth-order valence-corrected chi connectivity index (χ4v) is 1.96. The molecule has 0 spiro atoms. The Kier molecular flexibility index (Phi) is 7.40. The second-order valence-electron chi connectivity index (χ2n) is 4.88. The van der Waals surface area contributed by atoms with Crippen LogP contribution in [0.4, 0.5) is 5.69 Å². The first-order valence-electron chi connectivity index (χ1n) is 7.24. The Hall–Kier alpha value is -1.84. The van der Waals surface area contributed by atoms with Gasteiger partial charge in [0.1, 0.15) is 0 Å². The summed E-state index contributed by atoms with van der Waals surface area (Å²) in [4.78, 5) is 25.1. The van der Waals surface area contributed by atoms with Gasteiger partial charge in [-0.1, -0.05) is 38.0 Å². The van der Waals surface area contributed by atoms with Gasteiger partial charge in [0.2, 0.25) is 11.8 Å². The molecule has 1 N–H and O–H groups in total. The summed E-state index contributed by atoms with van der Waals surface area (Å²) in [6.45, 7) is 4.91. The average Bonchev–Trinajstić information content (AvgIpc) is 2.43. The molecule has 0 saturated heterocycles. The second-order valence-corrected chi connectivity index (χ2v) is 4.88. The van der Waals surface area contributed by atoms with E-state index < -0.39 is 0 Å². The number of carbonyl (C=O) groups is 2. The summed E-state index contributed by atoms with van der Waals surface area (Å²) in [6.07, 6.45) is 3.57. The maximum absolute atomic E-state index is 11.8. The number of hydrogen-bond acceptors (Lipinski definition) is 2. The smallest absolute Gasteiger partial charge is 0.226 e. The molecule has 0 aliphatic heterocycles. The van der Waals surface area contributed by atoms with Gasteiger partial charge in [-0.15, -0.1) is 0 Å². The van der Waals surface area contributed by atoms with E-state index in [2.05, 4.69) is 12.2 Å². The van der Waals surface area contributed by atoms with Crippen molar-refractivity contribution in [2.75, 3.05) is 18.4 Å². The Morgan fingerprint density at radius 3 is 2.40 bits per heavy atom. The van der Waals surface area contributed by atoms with Crippen molar-refractivity contribution >= 4 is 17.5 Å². The Labute approximate surface area is 121 Å². The molecule has 1 aromatic rings. The molecular formula is C16H24N2O2. The van der Waals surface area contributed by atoms with Gasteiger partial charge in [-0.3, -0.25) is 9.59 Å². The lowest BCUT2D eigenvalue weighted by Gasteiger charge is -2.20. The third-order valence-corrected chi connectivity index (χ3v) is 3.14. The predicted octanol–water partition coefficient (Wildman–Crippen LogP) is 3.05. The van der Waals surface area contributed by atoms with Crippen molar-refractivity contribution in [3.05, 3.63) is 30.3 Å². The molecule has 0 saturated carbocycles. The number of para-hydroxylation sites is 1. The van der Waals surface area contributed by atoms with E-state index in [4.69, 9.17) is 0 Å². The molecule has 1 rings (SSSR count). The molecular weight excluding hydrogens is 252 g/mol. The van der Waals surface area contributed by atoms with E-state index in [-0.39, 0.29) is 11.8 Å². The topological polar surface area (TPSA) is 49.4 Å². The number of nitrogens with zero attached hydrogens (tertiary/aromatic N) is 1. The molecule has 0 bridgehead atoms. The molecule has 110 valence electrons. The van der Waals surface area contributed by atoms with Gasteiger partial charge in [0.15, 0.2) is 0 Å². The van der Waals surface area contributed by atoms with E-state index in [0.29, 0.717) is 13.0 Å². The standard InChI is InChI=1S/C16H24N2O2/c1-3-4-8-12-18(14(2)19)13-11-16(20)17-15-9-6-5-7-10-15/h5-7,9-10H,3-4,8,11-13H2,1-2H3,(H,17,20). The van der Waals surface area contributed by atoms with Gasteiger partial charge in [0, 0.05) is 32.1 Å². The summed E-state index contributed by atoms with van der Waals surface area (Å²) < 4.78 is 0. The fourth-order valence-electron chi connectivity index (χ4n) is 1.96. The summed E-state index contributed by atoms with van der Waals surface area (Å²) in [5, 5.41) is 2.83. The van der Waals surface area contributed by atoms with Crippen molar-refractivity contribution in [1.82, 2.24) is 4.90 Å². The number of hydrogen-bond donors (Lipinski definition) is 1. The van der Waals surface area contributed by atoms with Crippen molar-refractivity contribution in [3.8, 4) is 0 Å². The highest BCUT2D eigenvalue weighted by Crippen LogP contribution is 2.06. The van der Waals surface area contributed by atoms with Crippen LogP contribution in [0.15, 0.2) is 30.3 Å². The van der Waals surface area contributed by atoms with Crippen LogP contribution in [-0.4, -0.2) is 29.8 Å². The van der Waals surface area contributed by atoms with E-state index in [0.717, 1.165) is 31.5 Å². The Morgan fingerprint density at radius 2 is 1.80 bits per heavy atom. The van der Waals surface area contributed by atoms with Crippen molar-refractivity contribution in [3.63, 3.8) is 0 Å². The number of benzene rings is 1. The number of amides is 2. The van der Waals surface area contributed by atoms with Gasteiger partial charge in [-0.25, -0.2) is 0 Å². The quantitative estimate of drug-likeness (QED) is 0.742. The maximum atomic E-state index is 11.8. The molecule has 0 aromatic heterocycles. The molecule has 0 fully saturated rings. The van der Waals surface area contributed by atoms with Gasteiger partial charge in [-0.2, -0.15) is 0 Å². The second kappa shape index (κ2) is 9.13. The van der Waals surface area contributed by atoms with Gasteiger partial charge < -0.3 is 10.2 Å². The lowest BCUT2D eigenvalue weighted by molar-refractivity contribution is -0.129. The van der Waals surface area contributed by atoms with Crippen LogP contribution in [0.3, 0.4) is 0 Å². The first-order chi connectivity index (χ1) is 9.63. The minimum atomic E-state index is -0.0575. The number of rotatable bonds is 8. The molecule has 0 aliphatic rings. The Bertz CT molecular complexity index is 418. The molecule has 0 heterocycles. The zero-order valence-electron chi connectivity index (χ0n) is 12.4. The summed E-state index contributed by atoms with van der Waals surface area (Å²) in [5.74, 6) is -0.0217. The van der Waals surface area contributed by atoms with Crippen LogP contribution >= 0.6 is 0 Å². The van der Waals surface area contributed by atoms with E-state index in [1.54, 1.807) is 11.8 Å². The van der Waals surface area contributed by atoms with Gasteiger partial charge in [0.25, 0.3) is 0 Å². The monoisotopic (exact) mass is 276 g/mol. The van der Waals surface area contributed by atoms with E-state index >= 15 is 0 Å². The van der Waals surface area contributed by atoms with Crippen LogP contribution in [0, 0.1) is 0 Å². The molecule has 2 amide bonds. The summed E-state index contributed by atoms with van der Waals surface area (Å²) in [7, 11) is 0. The summed E-state index contributed by atoms with van der Waals surface area (Å²) in [5.41, 5.74) is 0.790. The van der Waals surface area contributed by atoms with Crippen molar-refractivity contribution < 1.29 is 9.59 Å². The van der Waals surface area contributed by atoms with E-state index in [1.807, 2.05) is 30.3 Å². The highest BCUT2D eigenvalue weighted by Gasteiger charge is 2.10.